The third-order valence-electron chi connectivity index (χ3n) is 3.22. The fraction of sp³-hybridized carbons (Fsp3) is 0.688. The van der Waals surface area contributed by atoms with Gasteiger partial charge in [0.05, 0.1) is 0 Å². The molecule has 0 aromatic rings. The van der Waals surface area contributed by atoms with Crippen LogP contribution in [0.15, 0.2) is 0 Å². The van der Waals surface area contributed by atoms with Crippen molar-refractivity contribution in [3.63, 3.8) is 0 Å². The lowest BCUT2D eigenvalue weighted by atomic mass is 10.2. The molecule has 0 radical (unpaired) electrons. The van der Waals surface area contributed by atoms with E-state index < -0.39 is 48.0 Å². The largest absolute Gasteiger partial charge is 0.444 e. The standard InChI is InChI=1S/C16H25N3O7S/c1-16(2,3)25-15(24)18-10(7-8-27-4)14(23)17-9-13(22)26-19-11(20)5-6-12(19)21/h10H,5-9H2,1-4H3,(H,17,23)(H,18,24). The van der Waals surface area contributed by atoms with Crippen LogP contribution in [-0.4, -0.2) is 65.0 Å². The molecule has 0 spiro atoms. The normalized spacial score (nSPS) is 15.3. The number of thioether (sulfide) groups is 1. The second kappa shape index (κ2) is 10.1. The van der Waals surface area contributed by atoms with Crippen LogP contribution in [0, 0.1) is 0 Å². The number of hydrogen-bond donors (Lipinski definition) is 2. The van der Waals surface area contributed by atoms with Gasteiger partial charge in [0.1, 0.15) is 18.2 Å². The van der Waals surface area contributed by atoms with E-state index >= 15 is 0 Å². The Bertz CT molecular complexity index is 587. The van der Waals surface area contributed by atoms with E-state index in [4.69, 9.17) is 4.74 Å². The minimum Gasteiger partial charge on any atom is -0.444 e. The first-order chi connectivity index (χ1) is 12.5. The summed E-state index contributed by atoms with van der Waals surface area (Å²) in [5, 5.41) is 5.18. The molecule has 27 heavy (non-hydrogen) atoms. The van der Waals surface area contributed by atoms with E-state index in [1.807, 2.05) is 6.26 Å². The molecule has 152 valence electrons. The number of alkyl carbamates (subject to hydrolysis) is 1. The Hall–Kier alpha value is -2.30. The molecule has 1 aliphatic heterocycles. The summed E-state index contributed by atoms with van der Waals surface area (Å²) in [5.41, 5.74) is -0.719. The molecule has 0 bridgehead atoms. The van der Waals surface area contributed by atoms with Crippen LogP contribution < -0.4 is 10.6 Å². The second-order valence-corrected chi connectivity index (χ2v) is 7.73. The molecule has 0 aromatic heterocycles. The average molecular weight is 403 g/mol. The zero-order valence-electron chi connectivity index (χ0n) is 15.8. The number of hydroxylamine groups is 2. The molecule has 1 saturated heterocycles. The van der Waals surface area contributed by atoms with Gasteiger partial charge >= 0.3 is 12.1 Å². The van der Waals surface area contributed by atoms with Crippen LogP contribution in [0.3, 0.4) is 0 Å². The second-order valence-electron chi connectivity index (χ2n) is 6.74. The van der Waals surface area contributed by atoms with Crippen molar-refractivity contribution >= 4 is 41.5 Å². The van der Waals surface area contributed by atoms with Crippen LogP contribution in [-0.2, 0) is 28.8 Å². The molecule has 0 aliphatic carbocycles. The number of carbonyl (C=O) groups excluding carboxylic acids is 5. The molecule has 2 N–H and O–H groups in total. The van der Waals surface area contributed by atoms with Gasteiger partial charge in [-0.15, -0.1) is 5.06 Å². The van der Waals surface area contributed by atoms with Crippen LogP contribution in [0.25, 0.3) is 0 Å². The third kappa shape index (κ3) is 8.29. The highest BCUT2D eigenvalue weighted by molar-refractivity contribution is 7.98. The van der Waals surface area contributed by atoms with Crippen molar-refractivity contribution in [2.75, 3.05) is 18.6 Å². The summed E-state index contributed by atoms with van der Waals surface area (Å²) in [6.07, 6.45) is 1.39. The lowest BCUT2D eigenvalue weighted by molar-refractivity contribution is -0.196. The van der Waals surface area contributed by atoms with E-state index in [0.717, 1.165) is 0 Å². The van der Waals surface area contributed by atoms with Crippen LogP contribution in [0.5, 0.6) is 0 Å². The van der Waals surface area contributed by atoms with Gasteiger partial charge in [-0.05, 0) is 39.2 Å². The number of amides is 4. The zero-order valence-corrected chi connectivity index (χ0v) is 16.6. The van der Waals surface area contributed by atoms with Crippen LogP contribution in [0.1, 0.15) is 40.0 Å². The van der Waals surface area contributed by atoms with Gasteiger partial charge in [0.25, 0.3) is 11.8 Å². The summed E-state index contributed by atoms with van der Waals surface area (Å²) in [7, 11) is 0. The Balaban J connectivity index is 2.54. The number of rotatable bonds is 8. The summed E-state index contributed by atoms with van der Waals surface area (Å²) >= 11 is 1.49. The van der Waals surface area contributed by atoms with Crippen LogP contribution in [0.4, 0.5) is 4.79 Å². The topological polar surface area (TPSA) is 131 Å². The van der Waals surface area contributed by atoms with Gasteiger partial charge in [-0.2, -0.15) is 11.8 Å². The van der Waals surface area contributed by atoms with E-state index in [1.54, 1.807) is 20.8 Å². The highest BCUT2D eigenvalue weighted by atomic mass is 32.2. The molecule has 11 heteroatoms. The molecule has 0 aromatic carbocycles. The van der Waals surface area contributed by atoms with E-state index in [2.05, 4.69) is 15.5 Å². The van der Waals surface area contributed by atoms with Gasteiger partial charge in [0.2, 0.25) is 5.91 Å². The van der Waals surface area contributed by atoms with Gasteiger partial charge in [-0.1, -0.05) is 0 Å². The van der Waals surface area contributed by atoms with Crippen LogP contribution >= 0.6 is 11.8 Å². The van der Waals surface area contributed by atoms with E-state index in [-0.39, 0.29) is 12.8 Å². The Kier molecular flexibility index (Phi) is 8.54. The molecule has 1 rings (SSSR count). The molecule has 4 amide bonds. The Morgan fingerprint density at radius 1 is 1.19 bits per heavy atom. The summed E-state index contributed by atoms with van der Waals surface area (Å²) in [6.45, 7) is 4.53. The minimum absolute atomic E-state index is 0.0188. The fourth-order valence-electron chi connectivity index (χ4n) is 2.03. The molecule has 0 saturated carbocycles. The Morgan fingerprint density at radius 3 is 2.30 bits per heavy atom. The molecule has 1 fully saturated rings. The molecule has 1 atom stereocenters. The fourth-order valence-corrected chi connectivity index (χ4v) is 2.50. The van der Waals surface area contributed by atoms with Gasteiger partial charge < -0.3 is 20.2 Å². The molecule has 1 heterocycles. The lowest BCUT2D eigenvalue weighted by Crippen LogP contribution is -2.49. The smallest absolute Gasteiger partial charge is 0.408 e. The molecule has 10 nitrogen and oxygen atoms in total. The number of imide groups is 1. The number of nitrogens with zero attached hydrogens (tertiary/aromatic N) is 1. The van der Waals surface area contributed by atoms with Gasteiger partial charge in [-0.25, -0.2) is 9.59 Å². The van der Waals surface area contributed by atoms with E-state index in [0.29, 0.717) is 17.2 Å². The summed E-state index contributed by atoms with van der Waals surface area (Å²) in [6, 6.07) is -0.907. The van der Waals surface area contributed by atoms with Gasteiger partial charge in [-0.3, -0.25) is 14.4 Å². The van der Waals surface area contributed by atoms with Crippen molar-refractivity contribution < 1.29 is 33.5 Å². The van der Waals surface area contributed by atoms with E-state index in [1.165, 1.54) is 11.8 Å². The summed E-state index contributed by atoms with van der Waals surface area (Å²) in [5.74, 6) is -2.19. The van der Waals surface area contributed by atoms with Crippen molar-refractivity contribution in [1.82, 2.24) is 15.7 Å². The van der Waals surface area contributed by atoms with Crippen molar-refractivity contribution in [3.8, 4) is 0 Å². The molecule has 1 aliphatic rings. The molecule has 1 unspecified atom stereocenters. The van der Waals surface area contributed by atoms with Gasteiger partial charge in [0, 0.05) is 12.8 Å². The van der Waals surface area contributed by atoms with Crippen molar-refractivity contribution in [3.05, 3.63) is 0 Å². The molecular formula is C16H25N3O7S. The summed E-state index contributed by atoms with van der Waals surface area (Å²) < 4.78 is 5.13. The first kappa shape index (κ1) is 22.7. The van der Waals surface area contributed by atoms with E-state index in [9.17, 15) is 24.0 Å². The number of carbonyl (C=O) groups is 5. The van der Waals surface area contributed by atoms with Crippen molar-refractivity contribution in [2.24, 2.45) is 0 Å². The highest BCUT2D eigenvalue weighted by Crippen LogP contribution is 2.12. The highest BCUT2D eigenvalue weighted by Gasteiger charge is 2.33. The zero-order chi connectivity index (χ0) is 20.6. The Labute approximate surface area is 161 Å². The monoisotopic (exact) mass is 403 g/mol. The first-order valence-corrected chi connectivity index (χ1v) is 9.75. The number of ether oxygens (including phenoxy) is 1. The van der Waals surface area contributed by atoms with Gasteiger partial charge in [0.15, 0.2) is 0 Å². The first-order valence-electron chi connectivity index (χ1n) is 8.36. The van der Waals surface area contributed by atoms with Crippen LogP contribution in [0.2, 0.25) is 0 Å². The molecular weight excluding hydrogens is 378 g/mol. The SMILES string of the molecule is CSCCC(NC(=O)OC(C)(C)C)C(=O)NCC(=O)ON1C(=O)CCC1=O. The summed E-state index contributed by atoms with van der Waals surface area (Å²) in [4.78, 5) is 63.4. The quantitative estimate of drug-likeness (QED) is 0.555. The average Bonchev–Trinajstić information content (AvgIpc) is 2.86. The maximum atomic E-state index is 12.3. The Morgan fingerprint density at radius 2 is 1.78 bits per heavy atom. The van der Waals surface area contributed by atoms with Crippen molar-refractivity contribution in [2.45, 2.75) is 51.7 Å². The van der Waals surface area contributed by atoms with Crippen molar-refractivity contribution in [1.29, 1.82) is 0 Å². The third-order valence-corrected chi connectivity index (χ3v) is 3.87. The lowest BCUT2D eigenvalue weighted by Gasteiger charge is -2.23. The number of nitrogens with one attached hydrogen (secondary N) is 2. The minimum atomic E-state index is -0.965. The predicted octanol–water partition coefficient (Wildman–Crippen LogP) is 0.356. The number of hydrogen-bond acceptors (Lipinski definition) is 8. The maximum Gasteiger partial charge on any atom is 0.408 e. The maximum absolute atomic E-state index is 12.3. The predicted molar refractivity (Wildman–Crippen MR) is 96.3 cm³/mol.